The second kappa shape index (κ2) is 6.61. The smallest absolute Gasteiger partial charge is 0.337 e. The Morgan fingerprint density at radius 1 is 1.21 bits per heavy atom. The van der Waals surface area contributed by atoms with Gasteiger partial charge in [-0.25, -0.2) is 18.6 Å². The molecule has 24 heavy (non-hydrogen) atoms. The fourth-order valence-corrected chi connectivity index (χ4v) is 1.74. The van der Waals surface area contributed by atoms with Crippen LogP contribution in [0.4, 0.5) is 14.6 Å². The number of anilines is 1. The van der Waals surface area contributed by atoms with Crippen LogP contribution in [-0.2, 0) is 4.79 Å². The van der Waals surface area contributed by atoms with Crippen LogP contribution < -0.4 is 10.1 Å². The summed E-state index contributed by atoms with van der Waals surface area (Å²) in [4.78, 5) is 26.8. The van der Waals surface area contributed by atoms with Crippen LogP contribution in [-0.4, -0.2) is 27.6 Å². The third-order valence-corrected chi connectivity index (χ3v) is 3.06. The van der Waals surface area contributed by atoms with Crippen LogP contribution in [0.2, 0.25) is 0 Å². The molecule has 0 unspecified atom stereocenters. The van der Waals surface area contributed by atoms with Gasteiger partial charge in [0.25, 0.3) is 5.91 Å². The number of carboxylic acids is 1. The summed E-state index contributed by atoms with van der Waals surface area (Å²) in [5, 5.41) is 11.2. The molecule has 0 saturated heterocycles. The fourth-order valence-electron chi connectivity index (χ4n) is 1.74. The van der Waals surface area contributed by atoms with Gasteiger partial charge < -0.3 is 15.2 Å². The van der Waals surface area contributed by atoms with Crippen LogP contribution in [0.5, 0.6) is 5.75 Å². The summed E-state index contributed by atoms with van der Waals surface area (Å²) >= 11 is 0. The lowest BCUT2D eigenvalue weighted by Gasteiger charge is -2.25. The summed E-state index contributed by atoms with van der Waals surface area (Å²) in [5.74, 6) is -3.63. The maximum absolute atomic E-state index is 13.6. The average Bonchev–Trinajstić information content (AvgIpc) is 2.50. The Bertz CT molecular complexity index is 776. The number of carboxylic acid groups (broad SMARTS) is 1. The Morgan fingerprint density at radius 2 is 1.92 bits per heavy atom. The molecule has 0 radical (unpaired) electrons. The predicted molar refractivity (Wildman–Crippen MR) is 80.9 cm³/mol. The number of ether oxygens (including phenoxy) is 1. The van der Waals surface area contributed by atoms with Gasteiger partial charge in [-0.05, 0) is 38.1 Å². The van der Waals surface area contributed by atoms with E-state index in [-0.39, 0.29) is 17.1 Å². The number of benzene rings is 1. The minimum absolute atomic E-state index is 0.0307. The molecular weight excluding hydrogens is 322 g/mol. The molecule has 0 bridgehead atoms. The van der Waals surface area contributed by atoms with E-state index in [1.165, 1.54) is 26.0 Å². The molecule has 2 rings (SSSR count). The van der Waals surface area contributed by atoms with Gasteiger partial charge in [-0.15, -0.1) is 0 Å². The largest absolute Gasteiger partial charge is 0.478 e. The zero-order valence-electron chi connectivity index (χ0n) is 12.8. The molecule has 2 aromatic rings. The number of carbonyl (C=O) groups excluding carboxylic acids is 1. The highest BCUT2D eigenvalue weighted by molar-refractivity contribution is 5.96. The monoisotopic (exact) mass is 336 g/mol. The number of nitrogens with zero attached hydrogens (tertiary/aromatic N) is 1. The van der Waals surface area contributed by atoms with Crippen LogP contribution in [0.1, 0.15) is 24.2 Å². The molecule has 1 heterocycles. The first kappa shape index (κ1) is 17.3. The highest BCUT2D eigenvalue weighted by Gasteiger charge is 2.31. The number of nitrogens with one attached hydrogen (secondary N) is 1. The summed E-state index contributed by atoms with van der Waals surface area (Å²) in [6.45, 7) is 2.80. The molecule has 0 aliphatic rings. The number of halogens is 2. The van der Waals surface area contributed by atoms with E-state index in [0.29, 0.717) is 6.07 Å². The van der Waals surface area contributed by atoms with Gasteiger partial charge in [-0.2, -0.15) is 0 Å². The number of carbonyl (C=O) groups is 2. The van der Waals surface area contributed by atoms with E-state index in [2.05, 4.69) is 10.3 Å². The lowest BCUT2D eigenvalue weighted by molar-refractivity contribution is -0.128. The number of amides is 1. The Morgan fingerprint density at radius 3 is 2.46 bits per heavy atom. The van der Waals surface area contributed by atoms with Crippen molar-refractivity contribution < 1.29 is 28.2 Å². The number of aromatic nitrogens is 1. The molecule has 0 aliphatic heterocycles. The maximum atomic E-state index is 13.6. The van der Waals surface area contributed by atoms with Gasteiger partial charge in [-0.1, -0.05) is 0 Å². The van der Waals surface area contributed by atoms with Crippen LogP contribution in [0, 0.1) is 11.6 Å². The van der Waals surface area contributed by atoms with Crippen LogP contribution in [0.3, 0.4) is 0 Å². The number of aromatic carboxylic acids is 1. The van der Waals surface area contributed by atoms with Crippen molar-refractivity contribution in [1.82, 2.24) is 4.98 Å². The molecule has 6 nitrogen and oxygen atoms in total. The van der Waals surface area contributed by atoms with E-state index >= 15 is 0 Å². The third kappa shape index (κ3) is 4.03. The Kier molecular flexibility index (Phi) is 4.77. The summed E-state index contributed by atoms with van der Waals surface area (Å²) in [5.41, 5.74) is -1.51. The molecule has 0 fully saturated rings. The average molecular weight is 336 g/mol. The predicted octanol–water partition coefficient (Wildman–Crippen LogP) is 2.85. The highest BCUT2D eigenvalue weighted by Crippen LogP contribution is 2.23. The van der Waals surface area contributed by atoms with Crippen molar-refractivity contribution in [1.29, 1.82) is 0 Å². The Balaban J connectivity index is 2.10. The highest BCUT2D eigenvalue weighted by atomic mass is 19.1. The van der Waals surface area contributed by atoms with Crippen molar-refractivity contribution >= 4 is 17.7 Å². The maximum Gasteiger partial charge on any atom is 0.337 e. The molecule has 0 saturated carbocycles. The molecular formula is C16H14F2N2O4. The Hall–Kier alpha value is -3.03. The molecule has 0 aliphatic carbocycles. The van der Waals surface area contributed by atoms with E-state index in [0.717, 1.165) is 18.3 Å². The zero-order chi connectivity index (χ0) is 17.9. The molecule has 2 N–H and O–H groups in total. The standard InChI is InChI=1S/C16H14F2N2O4/c1-16(2,24-12-5-4-10(17)7-11(12)18)15(23)20-13-6-3-9(8-19-13)14(21)22/h3-8H,1-2H3,(H,21,22)(H,19,20,23). The van der Waals surface area contributed by atoms with Gasteiger partial charge in [0, 0.05) is 12.3 Å². The summed E-state index contributed by atoms with van der Waals surface area (Å²) in [7, 11) is 0. The minimum Gasteiger partial charge on any atom is -0.478 e. The summed E-state index contributed by atoms with van der Waals surface area (Å²) in [6.07, 6.45) is 1.09. The third-order valence-electron chi connectivity index (χ3n) is 3.06. The number of pyridine rings is 1. The molecule has 8 heteroatoms. The quantitative estimate of drug-likeness (QED) is 0.876. The normalized spacial score (nSPS) is 11.0. The first-order valence-electron chi connectivity index (χ1n) is 6.84. The second-order valence-corrected chi connectivity index (χ2v) is 5.38. The Labute approximate surface area is 136 Å². The van der Waals surface area contributed by atoms with Gasteiger partial charge in [-0.3, -0.25) is 4.79 Å². The number of hydrogen-bond donors (Lipinski definition) is 2. The first-order chi connectivity index (χ1) is 11.2. The molecule has 0 spiro atoms. The molecule has 1 aromatic carbocycles. The van der Waals surface area contributed by atoms with E-state index in [9.17, 15) is 18.4 Å². The molecule has 1 aromatic heterocycles. The van der Waals surface area contributed by atoms with E-state index < -0.39 is 29.1 Å². The lowest BCUT2D eigenvalue weighted by Crippen LogP contribution is -2.42. The van der Waals surface area contributed by atoms with Crippen molar-refractivity contribution in [3.05, 3.63) is 53.7 Å². The second-order valence-electron chi connectivity index (χ2n) is 5.38. The van der Waals surface area contributed by atoms with Crippen molar-refractivity contribution in [3.63, 3.8) is 0 Å². The number of hydrogen-bond acceptors (Lipinski definition) is 4. The van der Waals surface area contributed by atoms with E-state index in [1.54, 1.807) is 0 Å². The van der Waals surface area contributed by atoms with Gasteiger partial charge in [0.1, 0.15) is 11.6 Å². The van der Waals surface area contributed by atoms with Crippen LogP contribution >= 0.6 is 0 Å². The van der Waals surface area contributed by atoms with E-state index in [4.69, 9.17) is 9.84 Å². The summed E-state index contributed by atoms with van der Waals surface area (Å²) in [6, 6.07) is 5.34. The molecule has 0 atom stereocenters. The fraction of sp³-hybridized carbons (Fsp3) is 0.188. The lowest BCUT2D eigenvalue weighted by atomic mass is 10.1. The van der Waals surface area contributed by atoms with E-state index in [1.807, 2.05) is 0 Å². The number of rotatable bonds is 5. The van der Waals surface area contributed by atoms with Crippen LogP contribution in [0.15, 0.2) is 36.5 Å². The van der Waals surface area contributed by atoms with Crippen molar-refractivity contribution in [2.45, 2.75) is 19.4 Å². The van der Waals surface area contributed by atoms with Gasteiger partial charge >= 0.3 is 5.97 Å². The van der Waals surface area contributed by atoms with Gasteiger partial charge in [0.2, 0.25) is 0 Å². The van der Waals surface area contributed by atoms with Gasteiger partial charge in [0.05, 0.1) is 5.56 Å². The van der Waals surface area contributed by atoms with Gasteiger partial charge in [0.15, 0.2) is 17.2 Å². The van der Waals surface area contributed by atoms with Crippen LogP contribution in [0.25, 0.3) is 0 Å². The minimum atomic E-state index is -1.48. The van der Waals surface area contributed by atoms with Crippen molar-refractivity contribution in [3.8, 4) is 5.75 Å². The molecule has 1 amide bonds. The van der Waals surface area contributed by atoms with Crippen molar-refractivity contribution in [2.75, 3.05) is 5.32 Å². The topological polar surface area (TPSA) is 88.5 Å². The molecule has 126 valence electrons. The first-order valence-corrected chi connectivity index (χ1v) is 6.84. The summed E-state index contributed by atoms with van der Waals surface area (Å²) < 4.78 is 31.8. The van der Waals surface area contributed by atoms with Crippen molar-refractivity contribution in [2.24, 2.45) is 0 Å². The zero-order valence-corrected chi connectivity index (χ0v) is 12.8. The SMILES string of the molecule is CC(C)(Oc1ccc(F)cc1F)C(=O)Nc1ccc(C(=O)O)cn1.